The summed E-state index contributed by atoms with van der Waals surface area (Å²) in [6.45, 7) is 10.5. The number of nitrogens with zero attached hydrogens (tertiary/aromatic N) is 2. The molecule has 2 heterocycles. The lowest BCUT2D eigenvalue weighted by Gasteiger charge is -2.23. The second kappa shape index (κ2) is 11.3. The standard InChI is InChI=1S/C24H24ClN3O5.C2H6/c1-4-17-8-19-12-26-21-10-23(22(32-3)9-20(21)24(29)27(19)14(17)2)33-13-16-5-15(11-25)6-18(7-16)28(30)31;1-2/h4-7,9-10,19,26H,1,8,11-13H2,2-3H3;1-2H3. The predicted molar refractivity (Wildman–Crippen MR) is 137 cm³/mol. The van der Waals surface area contributed by atoms with Crippen LogP contribution < -0.4 is 14.8 Å². The second-order valence-electron chi connectivity index (χ2n) is 7.96. The molecule has 0 fully saturated rings. The van der Waals surface area contributed by atoms with Crippen molar-refractivity contribution in [2.45, 2.75) is 45.7 Å². The summed E-state index contributed by atoms with van der Waals surface area (Å²) in [5.41, 5.74) is 4.32. The van der Waals surface area contributed by atoms with Crippen molar-refractivity contribution in [2.75, 3.05) is 19.0 Å². The Morgan fingerprint density at radius 3 is 2.57 bits per heavy atom. The van der Waals surface area contributed by atoms with Crippen molar-refractivity contribution in [3.63, 3.8) is 0 Å². The Morgan fingerprint density at radius 2 is 1.94 bits per heavy atom. The van der Waals surface area contributed by atoms with Gasteiger partial charge in [-0.3, -0.25) is 14.9 Å². The number of ether oxygens (including phenoxy) is 2. The van der Waals surface area contributed by atoms with E-state index in [9.17, 15) is 14.9 Å². The average Bonchev–Trinajstić information content (AvgIpc) is 3.14. The number of non-ortho nitro benzene ring substituents is 1. The van der Waals surface area contributed by atoms with E-state index in [1.54, 1.807) is 24.3 Å². The lowest BCUT2D eigenvalue weighted by molar-refractivity contribution is -0.385. The highest BCUT2D eigenvalue weighted by atomic mass is 35.5. The van der Waals surface area contributed by atoms with Gasteiger partial charge in [-0.05, 0) is 36.1 Å². The lowest BCUT2D eigenvalue weighted by Crippen LogP contribution is -2.36. The number of hydrogen-bond donors (Lipinski definition) is 1. The molecule has 35 heavy (non-hydrogen) atoms. The molecule has 1 amide bonds. The third-order valence-corrected chi connectivity index (χ3v) is 6.28. The number of nitro benzene ring substituents is 1. The van der Waals surface area contributed by atoms with E-state index in [0.717, 1.165) is 17.7 Å². The Bertz CT molecular complexity index is 1180. The van der Waals surface area contributed by atoms with Crippen LogP contribution in [-0.4, -0.2) is 35.4 Å². The van der Waals surface area contributed by atoms with Crippen LogP contribution in [0.1, 0.15) is 48.7 Å². The first-order valence-corrected chi connectivity index (χ1v) is 12.0. The number of fused-ring (bicyclic) bond motifs is 2. The molecule has 0 radical (unpaired) electrons. The molecule has 0 aliphatic carbocycles. The summed E-state index contributed by atoms with van der Waals surface area (Å²) in [5.74, 6) is 0.874. The van der Waals surface area contributed by atoms with Crippen molar-refractivity contribution in [1.29, 1.82) is 0 Å². The zero-order chi connectivity index (χ0) is 25.7. The number of rotatable bonds is 7. The van der Waals surface area contributed by atoms with Gasteiger partial charge in [0.1, 0.15) is 6.61 Å². The number of hydrogen-bond acceptors (Lipinski definition) is 6. The van der Waals surface area contributed by atoms with Gasteiger partial charge >= 0.3 is 0 Å². The molecule has 0 saturated heterocycles. The minimum Gasteiger partial charge on any atom is -0.493 e. The van der Waals surface area contributed by atoms with Crippen LogP contribution in [0.2, 0.25) is 0 Å². The third kappa shape index (κ3) is 5.27. The van der Waals surface area contributed by atoms with Crippen LogP contribution >= 0.6 is 11.6 Å². The number of allylic oxidation sites excluding steroid dienone is 2. The van der Waals surface area contributed by atoms with Crippen molar-refractivity contribution in [3.05, 3.63) is 81.1 Å². The highest BCUT2D eigenvalue weighted by Gasteiger charge is 2.37. The van der Waals surface area contributed by atoms with Crippen LogP contribution in [0, 0.1) is 10.1 Å². The molecule has 1 unspecified atom stereocenters. The van der Waals surface area contributed by atoms with Gasteiger partial charge in [-0.25, -0.2) is 0 Å². The maximum absolute atomic E-state index is 13.4. The van der Waals surface area contributed by atoms with E-state index in [-0.39, 0.29) is 30.1 Å². The molecule has 2 aliphatic rings. The Morgan fingerprint density at radius 1 is 1.23 bits per heavy atom. The molecule has 0 bridgehead atoms. The van der Waals surface area contributed by atoms with Crippen LogP contribution in [0.25, 0.3) is 0 Å². The Labute approximate surface area is 210 Å². The van der Waals surface area contributed by atoms with Gasteiger partial charge in [-0.1, -0.05) is 32.6 Å². The molecule has 1 N–H and O–H groups in total. The van der Waals surface area contributed by atoms with Crippen LogP contribution in [0.5, 0.6) is 11.5 Å². The van der Waals surface area contributed by atoms with Gasteiger partial charge in [0.15, 0.2) is 11.5 Å². The van der Waals surface area contributed by atoms with Gasteiger partial charge in [0, 0.05) is 36.3 Å². The number of benzene rings is 2. The monoisotopic (exact) mass is 499 g/mol. The van der Waals surface area contributed by atoms with Crippen LogP contribution in [-0.2, 0) is 12.5 Å². The summed E-state index contributed by atoms with van der Waals surface area (Å²) in [5, 5.41) is 14.6. The van der Waals surface area contributed by atoms with Crippen LogP contribution in [0.15, 0.2) is 54.3 Å². The smallest absolute Gasteiger partial charge is 0.270 e. The van der Waals surface area contributed by atoms with Crippen molar-refractivity contribution in [3.8, 4) is 11.5 Å². The third-order valence-electron chi connectivity index (χ3n) is 5.97. The number of halogens is 1. The van der Waals surface area contributed by atoms with Crippen molar-refractivity contribution in [1.82, 2.24) is 4.90 Å². The molecular formula is C26H30ClN3O5. The molecule has 8 nitrogen and oxygen atoms in total. The van der Waals surface area contributed by atoms with E-state index in [1.807, 2.05) is 25.7 Å². The fraction of sp³-hybridized carbons (Fsp3) is 0.346. The highest BCUT2D eigenvalue weighted by Crippen LogP contribution is 2.39. The minimum absolute atomic E-state index is 0.00658. The number of methoxy groups -OCH3 is 1. The van der Waals surface area contributed by atoms with Crippen molar-refractivity contribution >= 4 is 28.9 Å². The Balaban J connectivity index is 0.00000167. The number of nitro groups is 1. The molecule has 0 spiro atoms. The van der Waals surface area contributed by atoms with Gasteiger partial charge in [0.05, 0.1) is 29.3 Å². The van der Waals surface area contributed by atoms with Crippen LogP contribution in [0.3, 0.4) is 0 Å². The van der Waals surface area contributed by atoms with Gasteiger partial charge < -0.3 is 19.7 Å². The predicted octanol–water partition coefficient (Wildman–Crippen LogP) is 6.05. The summed E-state index contributed by atoms with van der Waals surface area (Å²) in [6, 6.07) is 8.07. The number of alkyl halides is 1. The fourth-order valence-corrected chi connectivity index (χ4v) is 4.47. The minimum atomic E-state index is -0.460. The van der Waals surface area contributed by atoms with Crippen LogP contribution in [0.4, 0.5) is 11.4 Å². The summed E-state index contributed by atoms with van der Waals surface area (Å²) < 4.78 is 11.5. The van der Waals surface area contributed by atoms with Gasteiger partial charge in [-0.2, -0.15) is 0 Å². The zero-order valence-electron chi connectivity index (χ0n) is 20.4. The summed E-state index contributed by atoms with van der Waals surface area (Å²) in [4.78, 5) is 25.9. The first kappa shape index (κ1) is 26.1. The Hall–Kier alpha value is -3.52. The number of carbonyl (C=O) groups is 1. The van der Waals surface area contributed by atoms with E-state index in [4.69, 9.17) is 21.1 Å². The van der Waals surface area contributed by atoms with E-state index in [2.05, 4.69) is 11.9 Å². The molecule has 9 heteroatoms. The maximum Gasteiger partial charge on any atom is 0.270 e. The zero-order valence-corrected chi connectivity index (χ0v) is 21.1. The van der Waals surface area contributed by atoms with E-state index in [1.165, 1.54) is 19.2 Å². The quantitative estimate of drug-likeness (QED) is 0.283. The summed E-state index contributed by atoms with van der Waals surface area (Å²) >= 11 is 5.88. The molecule has 1 atom stereocenters. The van der Waals surface area contributed by atoms with Gasteiger partial charge in [0.2, 0.25) is 0 Å². The second-order valence-corrected chi connectivity index (χ2v) is 8.23. The fourth-order valence-electron chi connectivity index (χ4n) is 4.32. The van der Waals surface area contributed by atoms with E-state index < -0.39 is 4.92 Å². The lowest BCUT2D eigenvalue weighted by atomic mass is 10.1. The SMILES string of the molecule is C=CC1=C(C)N2C(=O)c3cc(OC)c(OCc4cc(CCl)cc([N+](=O)[O-])c4)cc3NCC2C1.CC. The number of carbonyl (C=O) groups excluding carboxylic acids is 1. The molecule has 0 saturated carbocycles. The topological polar surface area (TPSA) is 93.9 Å². The first-order valence-electron chi connectivity index (χ1n) is 11.4. The molecule has 0 aromatic heterocycles. The number of anilines is 1. The summed E-state index contributed by atoms with van der Waals surface area (Å²) in [7, 11) is 1.50. The van der Waals surface area contributed by atoms with Crippen molar-refractivity contribution in [2.24, 2.45) is 0 Å². The number of nitrogens with one attached hydrogen (secondary N) is 1. The normalized spacial score (nSPS) is 16.3. The average molecular weight is 500 g/mol. The van der Waals surface area contributed by atoms with Crippen molar-refractivity contribution < 1.29 is 19.2 Å². The molecule has 2 aliphatic heterocycles. The van der Waals surface area contributed by atoms with Gasteiger partial charge in [-0.15, -0.1) is 11.6 Å². The largest absolute Gasteiger partial charge is 0.493 e. The number of amides is 1. The van der Waals surface area contributed by atoms with Gasteiger partial charge in [0.25, 0.3) is 11.6 Å². The Kier molecular flexibility index (Phi) is 8.40. The highest BCUT2D eigenvalue weighted by molar-refractivity contribution is 6.17. The van der Waals surface area contributed by atoms with E-state index >= 15 is 0 Å². The maximum atomic E-state index is 13.4. The molecule has 2 aromatic rings. The van der Waals surface area contributed by atoms with E-state index in [0.29, 0.717) is 40.4 Å². The first-order chi connectivity index (χ1) is 16.9. The molecule has 4 rings (SSSR count). The molecule has 2 aromatic carbocycles. The molecular weight excluding hydrogens is 470 g/mol. The molecule has 186 valence electrons. The summed E-state index contributed by atoms with van der Waals surface area (Å²) in [6.07, 6.45) is 2.55.